The molecule has 0 N–H and O–H groups in total. The second-order valence-corrected chi connectivity index (χ2v) is 13.1. The first-order chi connectivity index (χ1) is 11.3. The van der Waals surface area contributed by atoms with Crippen LogP contribution in [0.2, 0.25) is 18.1 Å². The van der Waals surface area contributed by atoms with Crippen molar-refractivity contribution in [3.8, 4) is 0 Å². The van der Waals surface area contributed by atoms with E-state index in [1.54, 1.807) is 6.92 Å². The minimum absolute atomic E-state index is 0.0472. The average molecular weight is 373 g/mol. The third kappa shape index (κ3) is 6.47. The highest BCUT2D eigenvalue weighted by Crippen LogP contribution is 2.37. The van der Waals surface area contributed by atoms with Crippen LogP contribution in [0.25, 0.3) is 0 Å². The van der Waals surface area contributed by atoms with Gasteiger partial charge in [0.1, 0.15) is 12.2 Å². The Morgan fingerprint density at radius 3 is 2.44 bits per heavy atom. The van der Waals surface area contributed by atoms with Crippen molar-refractivity contribution in [2.45, 2.75) is 78.3 Å². The summed E-state index contributed by atoms with van der Waals surface area (Å²) in [4.78, 5) is 22.7. The van der Waals surface area contributed by atoms with Crippen molar-refractivity contribution >= 4 is 20.4 Å². The quantitative estimate of drug-likeness (QED) is 0.391. The first-order valence-corrected chi connectivity index (χ1v) is 11.6. The zero-order chi connectivity index (χ0) is 19.4. The average Bonchev–Trinajstić information content (AvgIpc) is 2.48. The summed E-state index contributed by atoms with van der Waals surface area (Å²) >= 11 is 0. The van der Waals surface area contributed by atoms with E-state index >= 15 is 0 Å². The van der Waals surface area contributed by atoms with Gasteiger partial charge in [0.15, 0.2) is 8.32 Å². The summed E-state index contributed by atoms with van der Waals surface area (Å²) in [5, 5.41) is 0.130. The van der Waals surface area contributed by atoms with E-state index in [-0.39, 0.29) is 17.1 Å². The second kappa shape index (κ2) is 8.36. The van der Waals surface area contributed by atoms with E-state index < -0.39 is 26.5 Å². The molecule has 0 aromatic heterocycles. The van der Waals surface area contributed by atoms with Crippen LogP contribution in [0, 0.1) is 5.92 Å². The Balaban J connectivity index is 2.69. The molecule has 0 unspecified atom stereocenters. The summed E-state index contributed by atoms with van der Waals surface area (Å²) in [6.07, 6.45) is 0.394. The van der Waals surface area contributed by atoms with Gasteiger partial charge in [0, 0.05) is 31.4 Å². The number of hydrogen-bond donors (Lipinski definition) is 0. The highest BCUT2D eigenvalue weighted by molar-refractivity contribution is 6.74. The van der Waals surface area contributed by atoms with Gasteiger partial charge in [0.05, 0.1) is 6.26 Å². The molecule has 7 heteroatoms. The van der Waals surface area contributed by atoms with Gasteiger partial charge < -0.3 is 18.6 Å². The highest BCUT2D eigenvalue weighted by atomic mass is 28.4. The normalized spacial score (nSPS) is 23.5. The van der Waals surface area contributed by atoms with E-state index in [9.17, 15) is 9.59 Å². The fraction of sp³-hybridized carbons (Fsp3) is 0.778. The molecule has 3 atom stereocenters. The van der Waals surface area contributed by atoms with Crippen molar-refractivity contribution in [1.82, 2.24) is 0 Å². The molecule has 0 amide bonds. The van der Waals surface area contributed by atoms with E-state index in [0.717, 1.165) is 0 Å². The monoisotopic (exact) mass is 372 g/mol. The Morgan fingerprint density at radius 1 is 1.32 bits per heavy atom. The van der Waals surface area contributed by atoms with Crippen LogP contribution < -0.4 is 0 Å². The standard InChI is InChI=1S/C18H32O6Si/c1-12(10-21-14(3)19)15-9-16(24-17(20)23-15)13(2)11-22-25(7,8)18(4,5)6/h10,13,15-16H,9,11H2,1-8H3/b12-10+/t13-,15+,16+/m1/s1. The third-order valence-corrected chi connectivity index (χ3v) is 9.50. The van der Waals surface area contributed by atoms with Crippen molar-refractivity contribution in [1.29, 1.82) is 0 Å². The van der Waals surface area contributed by atoms with Gasteiger partial charge in [-0.1, -0.05) is 27.7 Å². The van der Waals surface area contributed by atoms with Gasteiger partial charge in [-0.2, -0.15) is 0 Å². The Labute approximate surface area is 152 Å². The maximum atomic E-state index is 11.8. The van der Waals surface area contributed by atoms with E-state index in [0.29, 0.717) is 18.6 Å². The Kier molecular flexibility index (Phi) is 7.25. The second-order valence-electron chi connectivity index (χ2n) is 8.27. The largest absolute Gasteiger partial charge is 0.509 e. The SMILES string of the molecule is CC(=O)O/C=C(\C)[C@@H]1C[C@@H]([C@H](C)CO[Si](C)(C)C(C)(C)C)OC(=O)O1. The molecule has 25 heavy (non-hydrogen) atoms. The van der Waals surface area contributed by atoms with Crippen molar-refractivity contribution in [3.63, 3.8) is 0 Å². The minimum Gasteiger partial charge on any atom is -0.435 e. The van der Waals surface area contributed by atoms with Crippen LogP contribution in [-0.4, -0.2) is 39.3 Å². The molecule has 0 bridgehead atoms. The maximum absolute atomic E-state index is 11.8. The van der Waals surface area contributed by atoms with Crippen LogP contribution in [0.15, 0.2) is 11.8 Å². The molecule has 0 saturated carbocycles. The lowest BCUT2D eigenvalue weighted by molar-refractivity contribution is -0.135. The number of hydrogen-bond acceptors (Lipinski definition) is 6. The van der Waals surface area contributed by atoms with Crippen molar-refractivity contribution in [2.75, 3.05) is 6.61 Å². The molecular formula is C18H32O6Si. The first kappa shape index (κ1) is 21.7. The number of esters is 1. The Bertz CT molecular complexity index is 520. The van der Waals surface area contributed by atoms with Crippen LogP contribution in [0.3, 0.4) is 0 Å². The van der Waals surface area contributed by atoms with Gasteiger partial charge in [-0.25, -0.2) is 4.79 Å². The summed E-state index contributed by atoms with van der Waals surface area (Å²) in [5.41, 5.74) is 0.675. The lowest BCUT2D eigenvalue weighted by atomic mass is 9.96. The molecule has 0 spiro atoms. The highest BCUT2D eigenvalue weighted by Gasteiger charge is 2.39. The lowest BCUT2D eigenvalue weighted by Crippen LogP contribution is -2.44. The molecule has 0 aromatic carbocycles. The van der Waals surface area contributed by atoms with E-state index in [4.69, 9.17) is 18.6 Å². The van der Waals surface area contributed by atoms with Crippen LogP contribution >= 0.6 is 0 Å². The number of cyclic esters (lactones) is 2. The Morgan fingerprint density at radius 2 is 1.92 bits per heavy atom. The summed E-state index contributed by atoms with van der Waals surface area (Å²) in [5.74, 6) is -0.364. The molecular weight excluding hydrogens is 340 g/mol. The molecule has 1 aliphatic heterocycles. The van der Waals surface area contributed by atoms with Crippen molar-refractivity contribution in [3.05, 3.63) is 11.8 Å². The number of carbonyl (C=O) groups excluding carboxylic acids is 2. The summed E-state index contributed by atoms with van der Waals surface area (Å²) in [6.45, 7) is 16.6. The zero-order valence-electron chi connectivity index (χ0n) is 16.7. The number of ether oxygens (including phenoxy) is 3. The smallest absolute Gasteiger partial charge is 0.435 e. The Hall–Kier alpha value is -1.34. The molecule has 1 fully saturated rings. The summed E-state index contributed by atoms with van der Waals surface area (Å²) < 4.78 is 21.7. The van der Waals surface area contributed by atoms with Crippen LogP contribution in [-0.2, 0) is 23.4 Å². The molecule has 0 aromatic rings. The first-order valence-electron chi connectivity index (χ1n) is 8.68. The topological polar surface area (TPSA) is 71.1 Å². The molecule has 0 aliphatic carbocycles. The van der Waals surface area contributed by atoms with E-state index in [1.807, 2.05) is 6.92 Å². The van der Waals surface area contributed by atoms with Gasteiger partial charge in [-0.3, -0.25) is 4.79 Å². The molecule has 1 saturated heterocycles. The molecule has 1 aliphatic rings. The molecule has 144 valence electrons. The fourth-order valence-electron chi connectivity index (χ4n) is 2.12. The van der Waals surface area contributed by atoms with Gasteiger partial charge in [0.2, 0.25) is 0 Å². The van der Waals surface area contributed by atoms with Gasteiger partial charge in [0.25, 0.3) is 0 Å². The van der Waals surface area contributed by atoms with Crippen molar-refractivity contribution in [2.24, 2.45) is 5.92 Å². The third-order valence-electron chi connectivity index (χ3n) is 5.00. The maximum Gasteiger partial charge on any atom is 0.509 e. The van der Waals surface area contributed by atoms with Gasteiger partial charge in [-0.05, 0) is 25.1 Å². The number of rotatable bonds is 6. The van der Waals surface area contributed by atoms with Gasteiger partial charge in [-0.15, -0.1) is 0 Å². The van der Waals surface area contributed by atoms with Crippen LogP contribution in [0.1, 0.15) is 48.0 Å². The number of carbonyl (C=O) groups is 2. The molecule has 6 nitrogen and oxygen atoms in total. The molecule has 1 rings (SSSR count). The fourth-order valence-corrected chi connectivity index (χ4v) is 3.23. The lowest BCUT2D eigenvalue weighted by Gasteiger charge is -2.38. The van der Waals surface area contributed by atoms with Crippen LogP contribution in [0.4, 0.5) is 4.79 Å². The van der Waals surface area contributed by atoms with Crippen LogP contribution in [0.5, 0.6) is 0 Å². The van der Waals surface area contributed by atoms with E-state index in [2.05, 4.69) is 33.9 Å². The summed E-state index contributed by atoms with van der Waals surface area (Å²) in [7, 11) is -1.85. The predicted molar refractivity (Wildman–Crippen MR) is 97.6 cm³/mol. The van der Waals surface area contributed by atoms with Gasteiger partial charge >= 0.3 is 12.1 Å². The van der Waals surface area contributed by atoms with Crippen molar-refractivity contribution < 1.29 is 28.2 Å². The summed E-state index contributed by atoms with van der Waals surface area (Å²) in [6, 6.07) is 0. The predicted octanol–water partition coefficient (Wildman–Crippen LogP) is 4.41. The molecule has 0 radical (unpaired) electrons. The molecule has 1 heterocycles. The minimum atomic E-state index is -1.85. The zero-order valence-corrected chi connectivity index (χ0v) is 17.7. The van der Waals surface area contributed by atoms with E-state index in [1.165, 1.54) is 13.2 Å².